The lowest BCUT2D eigenvalue weighted by atomic mass is 9.97. The molecule has 1 aliphatic heterocycles. The van der Waals surface area contributed by atoms with Crippen LogP contribution in [0.15, 0.2) is 77.3 Å². The molecule has 2 aromatic heterocycles. The molecule has 166 valence electrons. The highest BCUT2D eigenvalue weighted by Crippen LogP contribution is 2.39. The van der Waals surface area contributed by atoms with Crippen molar-refractivity contribution in [3.63, 3.8) is 0 Å². The molecule has 7 nitrogen and oxygen atoms in total. The SMILES string of the molecule is O=C1c2cc(-c3nnc(C(F)F)o3)ccc2CN1C(c1ccccc1)C(O)c1ccccn1. The van der Waals surface area contributed by atoms with Crippen molar-refractivity contribution in [3.8, 4) is 11.5 Å². The summed E-state index contributed by atoms with van der Waals surface area (Å²) >= 11 is 0. The number of alkyl halides is 2. The number of hydrogen-bond donors (Lipinski definition) is 1. The molecule has 1 amide bonds. The van der Waals surface area contributed by atoms with Crippen molar-refractivity contribution < 1.29 is 23.1 Å². The second kappa shape index (κ2) is 8.51. The van der Waals surface area contributed by atoms with E-state index >= 15 is 0 Å². The molecule has 2 unspecified atom stereocenters. The van der Waals surface area contributed by atoms with E-state index in [-0.39, 0.29) is 18.3 Å². The quantitative estimate of drug-likeness (QED) is 0.467. The van der Waals surface area contributed by atoms with Gasteiger partial charge in [-0.05, 0) is 35.4 Å². The van der Waals surface area contributed by atoms with Gasteiger partial charge >= 0.3 is 6.43 Å². The lowest BCUT2D eigenvalue weighted by Gasteiger charge is -2.32. The first kappa shape index (κ1) is 20.9. The average Bonchev–Trinajstić information content (AvgIpc) is 3.46. The van der Waals surface area contributed by atoms with Crippen LogP contribution in [0.4, 0.5) is 8.78 Å². The molecule has 4 aromatic rings. The molecule has 0 aliphatic carbocycles. The van der Waals surface area contributed by atoms with Gasteiger partial charge in [-0.1, -0.05) is 42.5 Å². The van der Waals surface area contributed by atoms with Crippen molar-refractivity contribution in [1.29, 1.82) is 0 Å². The van der Waals surface area contributed by atoms with Crippen molar-refractivity contribution in [1.82, 2.24) is 20.1 Å². The molecule has 1 N–H and O–H groups in total. The van der Waals surface area contributed by atoms with E-state index in [0.29, 0.717) is 16.8 Å². The van der Waals surface area contributed by atoms with Crippen LogP contribution >= 0.6 is 0 Å². The Balaban J connectivity index is 1.50. The van der Waals surface area contributed by atoms with E-state index in [9.17, 15) is 18.7 Å². The zero-order valence-electron chi connectivity index (χ0n) is 17.2. The fourth-order valence-corrected chi connectivity index (χ4v) is 4.02. The summed E-state index contributed by atoms with van der Waals surface area (Å²) in [5, 5.41) is 18.2. The fourth-order valence-electron chi connectivity index (χ4n) is 4.02. The van der Waals surface area contributed by atoms with Crippen LogP contribution in [0.1, 0.15) is 51.6 Å². The summed E-state index contributed by atoms with van der Waals surface area (Å²) < 4.78 is 30.6. The number of carbonyl (C=O) groups is 1. The molecule has 2 aromatic carbocycles. The molecule has 33 heavy (non-hydrogen) atoms. The smallest absolute Gasteiger partial charge is 0.314 e. The number of amides is 1. The molecule has 3 heterocycles. The van der Waals surface area contributed by atoms with Crippen molar-refractivity contribution >= 4 is 5.91 Å². The summed E-state index contributed by atoms with van der Waals surface area (Å²) in [5.41, 5.74) is 2.70. The first-order valence-corrected chi connectivity index (χ1v) is 10.2. The summed E-state index contributed by atoms with van der Waals surface area (Å²) in [6.07, 6.45) is -2.35. The molecular formula is C24H18F2N4O3. The third kappa shape index (κ3) is 3.87. The number of carbonyl (C=O) groups excluding carboxylic acids is 1. The normalized spacial score (nSPS) is 15.0. The van der Waals surface area contributed by atoms with Gasteiger partial charge in [-0.3, -0.25) is 9.78 Å². The highest BCUT2D eigenvalue weighted by atomic mass is 19.3. The summed E-state index contributed by atoms with van der Waals surface area (Å²) in [6, 6.07) is 18.7. The number of hydrogen-bond acceptors (Lipinski definition) is 6. The van der Waals surface area contributed by atoms with Crippen LogP contribution in [0, 0.1) is 0 Å². The van der Waals surface area contributed by atoms with Gasteiger partial charge in [0, 0.05) is 23.9 Å². The van der Waals surface area contributed by atoms with Crippen LogP contribution in [0.25, 0.3) is 11.5 Å². The van der Waals surface area contributed by atoms with Gasteiger partial charge in [0.25, 0.3) is 11.8 Å². The minimum Gasteiger partial charge on any atom is -0.415 e. The minimum absolute atomic E-state index is 0.0903. The van der Waals surface area contributed by atoms with Gasteiger partial charge in [0.2, 0.25) is 5.89 Å². The molecule has 5 rings (SSSR count). The number of pyridine rings is 1. The monoisotopic (exact) mass is 448 g/mol. The van der Waals surface area contributed by atoms with Gasteiger partial charge in [-0.25, -0.2) is 0 Å². The zero-order chi connectivity index (χ0) is 22.9. The number of aromatic nitrogens is 3. The summed E-state index contributed by atoms with van der Waals surface area (Å²) in [7, 11) is 0. The molecule has 9 heteroatoms. The maximum Gasteiger partial charge on any atom is 0.314 e. The molecule has 2 atom stereocenters. The van der Waals surface area contributed by atoms with Crippen LogP contribution in [0.2, 0.25) is 0 Å². The summed E-state index contributed by atoms with van der Waals surface area (Å²) in [4.78, 5) is 19.3. The topological polar surface area (TPSA) is 92.4 Å². The van der Waals surface area contributed by atoms with Crippen LogP contribution in [-0.4, -0.2) is 31.1 Å². The Morgan fingerprint density at radius 2 is 1.79 bits per heavy atom. The summed E-state index contributed by atoms with van der Waals surface area (Å²) in [5.74, 6) is -1.17. The lowest BCUT2D eigenvalue weighted by Crippen LogP contribution is -2.33. The number of benzene rings is 2. The third-order valence-corrected chi connectivity index (χ3v) is 5.58. The number of nitrogens with zero attached hydrogens (tertiary/aromatic N) is 4. The Labute approximate surface area is 187 Å². The van der Waals surface area contributed by atoms with E-state index in [2.05, 4.69) is 15.2 Å². The van der Waals surface area contributed by atoms with Crippen LogP contribution in [0.3, 0.4) is 0 Å². The lowest BCUT2D eigenvalue weighted by molar-refractivity contribution is 0.0345. The van der Waals surface area contributed by atoms with Gasteiger partial charge in [0.05, 0.1) is 11.7 Å². The van der Waals surface area contributed by atoms with Gasteiger partial charge < -0.3 is 14.4 Å². The fraction of sp³-hybridized carbons (Fsp3) is 0.167. The molecule has 0 bridgehead atoms. The first-order chi connectivity index (χ1) is 16.0. The van der Waals surface area contributed by atoms with E-state index < -0.39 is 24.5 Å². The second-order valence-electron chi connectivity index (χ2n) is 7.61. The van der Waals surface area contributed by atoms with Gasteiger partial charge in [0.1, 0.15) is 6.10 Å². The van der Waals surface area contributed by atoms with E-state index in [1.165, 1.54) is 0 Å². The maximum absolute atomic E-state index is 13.5. The van der Waals surface area contributed by atoms with Crippen molar-refractivity contribution in [2.24, 2.45) is 0 Å². The Hall–Kier alpha value is -3.98. The molecule has 0 radical (unpaired) electrons. The molecule has 1 aliphatic rings. The Morgan fingerprint density at radius 3 is 2.48 bits per heavy atom. The van der Waals surface area contributed by atoms with Crippen LogP contribution < -0.4 is 0 Å². The van der Waals surface area contributed by atoms with E-state index in [1.54, 1.807) is 47.5 Å². The van der Waals surface area contributed by atoms with Crippen LogP contribution in [-0.2, 0) is 6.54 Å². The molecule has 0 saturated carbocycles. The Bertz CT molecular complexity index is 1280. The van der Waals surface area contributed by atoms with Gasteiger partial charge in [-0.15, -0.1) is 10.2 Å². The third-order valence-electron chi connectivity index (χ3n) is 5.58. The van der Waals surface area contributed by atoms with E-state index in [4.69, 9.17) is 4.42 Å². The van der Waals surface area contributed by atoms with Crippen molar-refractivity contribution in [3.05, 3.63) is 101 Å². The Kier molecular flexibility index (Phi) is 5.39. The maximum atomic E-state index is 13.5. The molecule has 0 spiro atoms. The highest BCUT2D eigenvalue weighted by molar-refractivity contribution is 5.99. The summed E-state index contributed by atoms with van der Waals surface area (Å²) in [6.45, 7) is 0.268. The largest absolute Gasteiger partial charge is 0.415 e. The van der Waals surface area contributed by atoms with Crippen LogP contribution in [0.5, 0.6) is 0 Å². The first-order valence-electron chi connectivity index (χ1n) is 10.2. The molecule has 0 saturated heterocycles. The number of fused-ring (bicyclic) bond motifs is 1. The predicted octanol–water partition coefficient (Wildman–Crippen LogP) is 4.50. The number of halogens is 2. The standard InChI is InChI=1S/C24H18F2N4O3/c25-21(26)23-29-28-22(33-23)15-9-10-16-13-30(24(32)17(16)12-15)19(14-6-2-1-3-7-14)20(31)18-8-4-5-11-27-18/h1-12,19-21,31H,13H2. The van der Waals surface area contributed by atoms with Gasteiger partial charge in [0.15, 0.2) is 0 Å². The number of aliphatic hydroxyl groups is 1. The Morgan fingerprint density at radius 1 is 1.00 bits per heavy atom. The van der Waals surface area contributed by atoms with Crippen molar-refractivity contribution in [2.75, 3.05) is 0 Å². The molecular weight excluding hydrogens is 430 g/mol. The number of aliphatic hydroxyl groups excluding tert-OH is 1. The average molecular weight is 448 g/mol. The number of rotatable bonds is 6. The molecule has 0 fully saturated rings. The highest BCUT2D eigenvalue weighted by Gasteiger charge is 2.38. The zero-order valence-corrected chi connectivity index (χ0v) is 17.2. The van der Waals surface area contributed by atoms with E-state index in [0.717, 1.165) is 11.1 Å². The van der Waals surface area contributed by atoms with E-state index in [1.807, 2.05) is 30.3 Å². The van der Waals surface area contributed by atoms with Gasteiger partial charge in [-0.2, -0.15) is 8.78 Å². The van der Waals surface area contributed by atoms with Crippen molar-refractivity contribution in [2.45, 2.75) is 25.1 Å². The minimum atomic E-state index is -2.88. The second-order valence-corrected chi connectivity index (χ2v) is 7.61. The predicted molar refractivity (Wildman–Crippen MR) is 113 cm³/mol.